The van der Waals surface area contributed by atoms with Gasteiger partial charge in [-0.05, 0) is 13.0 Å². The number of ether oxygens (including phenoxy) is 1. The zero-order valence-electron chi connectivity index (χ0n) is 9.77. The molecule has 1 aromatic heterocycles. The van der Waals surface area contributed by atoms with E-state index in [0.717, 1.165) is 5.52 Å². The molecule has 1 saturated heterocycles. The lowest BCUT2D eigenvalue weighted by molar-refractivity contribution is -0.261. The number of benzene rings is 1. The Hall–Kier alpha value is -1.49. The summed E-state index contributed by atoms with van der Waals surface area (Å²) in [4.78, 5) is 3.02. The largest absolute Gasteiger partial charge is 0.402 e. The van der Waals surface area contributed by atoms with Gasteiger partial charge in [-0.25, -0.2) is 0 Å². The Morgan fingerprint density at radius 2 is 1.89 bits per heavy atom. The first-order chi connectivity index (χ1) is 8.46. The zero-order valence-corrected chi connectivity index (χ0v) is 9.77. The zero-order chi connectivity index (χ0) is 13.0. The van der Waals surface area contributed by atoms with E-state index in [4.69, 9.17) is 4.74 Å². The molecule has 0 saturated carbocycles. The normalized spacial score (nSPS) is 18.9. The van der Waals surface area contributed by atoms with E-state index in [9.17, 15) is 13.2 Å². The number of nitrogens with one attached hydrogen (secondary N) is 1. The summed E-state index contributed by atoms with van der Waals surface area (Å²) in [5, 5.41) is 0.635. The van der Waals surface area contributed by atoms with Gasteiger partial charge < -0.3 is 9.72 Å². The molecular formula is C13H12F3NO. The van der Waals surface area contributed by atoms with Crippen LogP contribution in [0.3, 0.4) is 0 Å². The van der Waals surface area contributed by atoms with Crippen molar-refractivity contribution in [2.75, 3.05) is 13.2 Å². The SMILES string of the molecule is Cc1[nH]c2ccccc2c1C1(C(F)(F)F)COC1. The maximum absolute atomic E-state index is 13.3. The molecule has 2 nitrogen and oxygen atoms in total. The van der Waals surface area contributed by atoms with Crippen molar-refractivity contribution in [3.63, 3.8) is 0 Å². The molecule has 2 aromatic rings. The smallest absolute Gasteiger partial charge is 0.379 e. The summed E-state index contributed by atoms with van der Waals surface area (Å²) >= 11 is 0. The number of alkyl halides is 3. The van der Waals surface area contributed by atoms with Crippen LogP contribution < -0.4 is 0 Å². The molecule has 0 aliphatic carbocycles. The lowest BCUT2D eigenvalue weighted by atomic mass is 9.76. The number of aromatic amines is 1. The highest BCUT2D eigenvalue weighted by molar-refractivity contribution is 5.86. The average molecular weight is 255 g/mol. The third-order valence-electron chi connectivity index (χ3n) is 3.61. The minimum Gasteiger partial charge on any atom is -0.379 e. The first-order valence-corrected chi connectivity index (χ1v) is 5.68. The summed E-state index contributed by atoms with van der Waals surface area (Å²) in [6, 6.07) is 7.07. The summed E-state index contributed by atoms with van der Waals surface area (Å²) in [5.41, 5.74) is -0.217. The summed E-state index contributed by atoms with van der Waals surface area (Å²) in [6.07, 6.45) is -4.29. The molecule has 1 aliphatic heterocycles. The van der Waals surface area contributed by atoms with E-state index in [-0.39, 0.29) is 13.2 Å². The number of hydrogen-bond donors (Lipinski definition) is 1. The number of H-pyrrole nitrogens is 1. The van der Waals surface area contributed by atoms with Crippen LogP contribution >= 0.6 is 0 Å². The molecule has 1 aliphatic rings. The number of fused-ring (bicyclic) bond motifs is 1. The van der Waals surface area contributed by atoms with E-state index in [1.165, 1.54) is 0 Å². The van der Waals surface area contributed by atoms with Crippen LogP contribution in [0.1, 0.15) is 11.3 Å². The molecule has 1 aromatic carbocycles. The van der Waals surface area contributed by atoms with Gasteiger partial charge in [0.2, 0.25) is 0 Å². The molecule has 0 spiro atoms. The van der Waals surface area contributed by atoms with E-state index >= 15 is 0 Å². The molecule has 0 unspecified atom stereocenters. The number of aryl methyl sites for hydroxylation is 1. The average Bonchev–Trinajstić information content (AvgIpc) is 2.52. The van der Waals surface area contributed by atoms with Crippen molar-refractivity contribution in [3.8, 4) is 0 Å². The first kappa shape index (κ1) is 11.6. The van der Waals surface area contributed by atoms with E-state index < -0.39 is 11.6 Å². The third-order valence-corrected chi connectivity index (χ3v) is 3.61. The van der Waals surface area contributed by atoms with E-state index in [1.54, 1.807) is 31.2 Å². The summed E-state index contributed by atoms with van der Waals surface area (Å²) in [6.45, 7) is 1.10. The van der Waals surface area contributed by atoms with Gasteiger partial charge in [-0.15, -0.1) is 0 Å². The predicted octanol–water partition coefficient (Wildman–Crippen LogP) is 3.31. The fourth-order valence-electron chi connectivity index (χ4n) is 2.65. The van der Waals surface area contributed by atoms with Crippen molar-refractivity contribution in [2.45, 2.75) is 18.5 Å². The molecule has 5 heteroatoms. The number of rotatable bonds is 1. The van der Waals surface area contributed by atoms with Crippen molar-refractivity contribution in [1.29, 1.82) is 0 Å². The van der Waals surface area contributed by atoms with E-state index in [2.05, 4.69) is 4.98 Å². The molecule has 96 valence electrons. The van der Waals surface area contributed by atoms with Crippen LogP contribution in [0.15, 0.2) is 24.3 Å². The van der Waals surface area contributed by atoms with Gasteiger partial charge >= 0.3 is 6.18 Å². The van der Waals surface area contributed by atoms with Crippen molar-refractivity contribution < 1.29 is 17.9 Å². The second kappa shape index (κ2) is 3.51. The topological polar surface area (TPSA) is 25.0 Å². The molecule has 1 fully saturated rings. The number of para-hydroxylation sites is 1. The second-order valence-corrected chi connectivity index (χ2v) is 4.74. The van der Waals surface area contributed by atoms with Crippen molar-refractivity contribution in [2.24, 2.45) is 0 Å². The summed E-state index contributed by atoms with van der Waals surface area (Å²) in [7, 11) is 0. The Balaban J connectivity index is 2.28. The van der Waals surface area contributed by atoms with Gasteiger partial charge in [0.1, 0.15) is 5.41 Å². The van der Waals surface area contributed by atoms with Crippen LogP contribution in [0.4, 0.5) is 13.2 Å². The van der Waals surface area contributed by atoms with Crippen LogP contribution in [-0.4, -0.2) is 24.4 Å². The van der Waals surface area contributed by atoms with Crippen LogP contribution in [0, 0.1) is 6.92 Å². The number of hydrogen-bond acceptors (Lipinski definition) is 1. The highest BCUT2D eigenvalue weighted by atomic mass is 19.4. The molecule has 0 atom stereocenters. The molecule has 2 heterocycles. The second-order valence-electron chi connectivity index (χ2n) is 4.74. The Labute approximate surface area is 102 Å². The molecule has 3 rings (SSSR count). The number of aromatic nitrogens is 1. The Kier molecular flexibility index (Phi) is 2.26. The van der Waals surface area contributed by atoms with Crippen molar-refractivity contribution in [1.82, 2.24) is 4.98 Å². The van der Waals surface area contributed by atoms with Gasteiger partial charge in [0, 0.05) is 22.2 Å². The standard InChI is InChI=1S/C13H12F3NO/c1-8-11(9-4-2-3-5-10(9)17-8)12(6-18-7-12)13(14,15)16/h2-5,17H,6-7H2,1H3. The minimum absolute atomic E-state index is 0.292. The van der Waals surface area contributed by atoms with Gasteiger partial charge in [0.15, 0.2) is 0 Å². The molecular weight excluding hydrogens is 243 g/mol. The van der Waals surface area contributed by atoms with Crippen molar-refractivity contribution in [3.05, 3.63) is 35.5 Å². The molecule has 0 bridgehead atoms. The predicted molar refractivity (Wildman–Crippen MR) is 61.6 cm³/mol. The van der Waals surface area contributed by atoms with Crippen molar-refractivity contribution >= 4 is 10.9 Å². The first-order valence-electron chi connectivity index (χ1n) is 5.68. The lowest BCUT2D eigenvalue weighted by Crippen LogP contribution is -2.57. The van der Waals surface area contributed by atoms with Crippen LogP contribution in [0.5, 0.6) is 0 Å². The van der Waals surface area contributed by atoms with Crippen LogP contribution in [0.25, 0.3) is 10.9 Å². The third kappa shape index (κ3) is 1.34. The summed E-state index contributed by atoms with van der Waals surface area (Å²) in [5.74, 6) is 0. The fourth-order valence-corrected chi connectivity index (χ4v) is 2.65. The van der Waals surface area contributed by atoms with Gasteiger partial charge in [-0.3, -0.25) is 0 Å². The van der Waals surface area contributed by atoms with Crippen LogP contribution in [0.2, 0.25) is 0 Å². The van der Waals surface area contributed by atoms with E-state index in [1.807, 2.05) is 0 Å². The monoisotopic (exact) mass is 255 g/mol. The maximum atomic E-state index is 13.3. The minimum atomic E-state index is -4.29. The molecule has 0 amide bonds. The summed E-state index contributed by atoms with van der Waals surface area (Å²) < 4.78 is 44.9. The van der Waals surface area contributed by atoms with Gasteiger partial charge in [-0.2, -0.15) is 13.2 Å². The highest BCUT2D eigenvalue weighted by Gasteiger charge is 2.62. The Morgan fingerprint density at radius 1 is 1.22 bits per heavy atom. The van der Waals surface area contributed by atoms with Gasteiger partial charge in [0.05, 0.1) is 13.2 Å². The molecule has 1 N–H and O–H groups in total. The Morgan fingerprint density at radius 3 is 2.44 bits per heavy atom. The Bertz CT molecular complexity index is 596. The van der Waals surface area contributed by atoms with Crippen LogP contribution in [-0.2, 0) is 10.2 Å². The fraction of sp³-hybridized carbons (Fsp3) is 0.385. The van der Waals surface area contributed by atoms with Gasteiger partial charge in [0.25, 0.3) is 0 Å². The van der Waals surface area contributed by atoms with E-state index in [0.29, 0.717) is 16.6 Å². The highest BCUT2D eigenvalue weighted by Crippen LogP contribution is 2.49. The number of halogens is 3. The lowest BCUT2D eigenvalue weighted by Gasteiger charge is -2.43. The quantitative estimate of drug-likeness (QED) is 0.830. The molecule has 0 radical (unpaired) electrons. The molecule has 18 heavy (non-hydrogen) atoms. The van der Waals surface area contributed by atoms with Gasteiger partial charge in [-0.1, -0.05) is 18.2 Å². The maximum Gasteiger partial charge on any atom is 0.402 e.